The highest BCUT2D eigenvalue weighted by Crippen LogP contribution is 2.36. The summed E-state index contributed by atoms with van der Waals surface area (Å²) in [6.07, 6.45) is 0. The van der Waals surface area contributed by atoms with Crippen LogP contribution in [0.3, 0.4) is 0 Å². The molecule has 2 aromatic rings. The molecule has 1 N–H and O–H groups in total. The highest BCUT2D eigenvalue weighted by atomic mass is 79.9. The van der Waals surface area contributed by atoms with Gasteiger partial charge >= 0.3 is 0 Å². The van der Waals surface area contributed by atoms with Crippen molar-refractivity contribution in [2.75, 3.05) is 6.54 Å². The molecule has 2 heterocycles. The molecule has 0 radical (unpaired) electrons. The lowest BCUT2D eigenvalue weighted by Gasteiger charge is -2.15. The molecule has 1 atom stereocenters. The number of halogens is 2. The molecule has 0 saturated carbocycles. The van der Waals surface area contributed by atoms with Gasteiger partial charge < -0.3 is 5.32 Å². The van der Waals surface area contributed by atoms with Gasteiger partial charge in [-0.05, 0) is 55.9 Å². The monoisotopic (exact) mass is 379 g/mol. The fraction of sp³-hybridized carbons (Fsp3) is 0.273. The Balaban J connectivity index is 2.34. The molecular weight excluding hydrogens is 370 g/mol. The van der Waals surface area contributed by atoms with Crippen LogP contribution >= 0.6 is 54.5 Å². The fourth-order valence-electron chi connectivity index (χ4n) is 1.52. The van der Waals surface area contributed by atoms with Crippen molar-refractivity contribution in [1.29, 1.82) is 0 Å². The van der Waals surface area contributed by atoms with Gasteiger partial charge in [0, 0.05) is 24.1 Å². The average Bonchev–Trinajstić information content (AvgIpc) is 2.84. The molecule has 16 heavy (non-hydrogen) atoms. The Bertz CT molecular complexity index is 464. The first-order valence-corrected chi connectivity index (χ1v) is 8.27. The molecule has 0 aliphatic heterocycles. The van der Waals surface area contributed by atoms with Crippen LogP contribution in [0.4, 0.5) is 0 Å². The average molecular weight is 381 g/mol. The van der Waals surface area contributed by atoms with Gasteiger partial charge in [0.1, 0.15) is 0 Å². The van der Waals surface area contributed by atoms with Gasteiger partial charge in [-0.2, -0.15) is 0 Å². The Morgan fingerprint density at radius 1 is 1.38 bits per heavy atom. The second-order valence-corrected chi connectivity index (χ2v) is 6.95. The van der Waals surface area contributed by atoms with Crippen molar-refractivity contribution < 1.29 is 0 Å². The second kappa shape index (κ2) is 5.78. The zero-order chi connectivity index (χ0) is 11.5. The molecule has 1 nitrogen and oxygen atoms in total. The minimum atomic E-state index is 0.302. The first-order chi connectivity index (χ1) is 7.72. The zero-order valence-corrected chi connectivity index (χ0v) is 13.5. The Morgan fingerprint density at radius 3 is 2.69 bits per heavy atom. The SMILES string of the molecule is CCNC(c1cc(Br)cs1)c1sccc1Br. The molecule has 1 unspecified atom stereocenters. The fourth-order valence-corrected chi connectivity index (χ4v) is 4.81. The predicted molar refractivity (Wildman–Crippen MR) is 79.6 cm³/mol. The summed E-state index contributed by atoms with van der Waals surface area (Å²) in [6.45, 7) is 3.10. The van der Waals surface area contributed by atoms with Gasteiger partial charge in [-0.1, -0.05) is 6.92 Å². The number of hydrogen-bond acceptors (Lipinski definition) is 3. The highest BCUT2D eigenvalue weighted by Gasteiger charge is 2.18. The summed E-state index contributed by atoms with van der Waals surface area (Å²) in [4.78, 5) is 2.69. The van der Waals surface area contributed by atoms with Gasteiger partial charge in [-0.25, -0.2) is 0 Å². The van der Waals surface area contributed by atoms with Gasteiger partial charge in [-0.3, -0.25) is 0 Å². The van der Waals surface area contributed by atoms with Crippen molar-refractivity contribution in [2.24, 2.45) is 0 Å². The third-order valence-corrected chi connectivity index (χ3v) is 5.88. The summed E-state index contributed by atoms with van der Waals surface area (Å²) in [5.41, 5.74) is 0. The number of thiophene rings is 2. The first kappa shape index (κ1) is 12.8. The second-order valence-electron chi connectivity index (χ2n) is 3.29. The smallest absolute Gasteiger partial charge is 0.0776 e. The summed E-state index contributed by atoms with van der Waals surface area (Å²) in [5.74, 6) is 0. The van der Waals surface area contributed by atoms with Crippen molar-refractivity contribution in [3.63, 3.8) is 0 Å². The van der Waals surface area contributed by atoms with E-state index in [0.29, 0.717) is 6.04 Å². The molecular formula is C11H11Br2NS2. The summed E-state index contributed by atoms with van der Waals surface area (Å²) in [6, 6.07) is 4.59. The van der Waals surface area contributed by atoms with E-state index in [-0.39, 0.29) is 0 Å². The van der Waals surface area contributed by atoms with Crippen LogP contribution in [0, 0.1) is 0 Å². The molecule has 0 saturated heterocycles. The molecule has 2 rings (SSSR count). The van der Waals surface area contributed by atoms with E-state index < -0.39 is 0 Å². The summed E-state index contributed by atoms with van der Waals surface area (Å²) >= 11 is 10.7. The van der Waals surface area contributed by atoms with Crippen LogP contribution < -0.4 is 5.32 Å². The Hall–Kier alpha value is 0.320. The summed E-state index contributed by atoms with van der Waals surface area (Å²) in [5, 5.41) is 7.77. The molecule has 0 aliphatic carbocycles. The van der Waals surface area contributed by atoms with E-state index in [1.807, 2.05) is 0 Å². The number of nitrogens with one attached hydrogen (secondary N) is 1. The van der Waals surface area contributed by atoms with E-state index in [1.165, 1.54) is 14.2 Å². The Morgan fingerprint density at radius 2 is 2.19 bits per heavy atom. The summed E-state index contributed by atoms with van der Waals surface area (Å²) < 4.78 is 2.34. The lowest BCUT2D eigenvalue weighted by molar-refractivity contribution is 0.647. The van der Waals surface area contributed by atoms with Crippen LogP contribution in [0.25, 0.3) is 0 Å². The standard InChI is InChI=1S/C11H11Br2NS2/c1-2-14-10(9-5-7(12)6-16-9)11-8(13)3-4-15-11/h3-6,10,14H,2H2,1H3. The third kappa shape index (κ3) is 2.76. The van der Waals surface area contributed by atoms with E-state index in [0.717, 1.165) is 11.0 Å². The molecule has 0 bridgehead atoms. The predicted octanol–water partition coefficient (Wildman–Crippen LogP) is 5.03. The lowest BCUT2D eigenvalue weighted by atomic mass is 10.2. The van der Waals surface area contributed by atoms with Crippen LogP contribution in [-0.2, 0) is 0 Å². The van der Waals surface area contributed by atoms with Crippen molar-refractivity contribution in [1.82, 2.24) is 5.32 Å². The number of rotatable bonds is 4. The van der Waals surface area contributed by atoms with Crippen LogP contribution in [0.5, 0.6) is 0 Å². The molecule has 0 fully saturated rings. The van der Waals surface area contributed by atoms with Crippen molar-refractivity contribution in [3.8, 4) is 0 Å². The van der Waals surface area contributed by atoms with Crippen molar-refractivity contribution in [2.45, 2.75) is 13.0 Å². The van der Waals surface area contributed by atoms with Gasteiger partial charge in [0.25, 0.3) is 0 Å². The van der Waals surface area contributed by atoms with Crippen LogP contribution in [0.1, 0.15) is 22.7 Å². The van der Waals surface area contributed by atoms with Gasteiger partial charge in [0.15, 0.2) is 0 Å². The van der Waals surface area contributed by atoms with Crippen molar-refractivity contribution >= 4 is 54.5 Å². The molecule has 86 valence electrons. The minimum absolute atomic E-state index is 0.302. The van der Waals surface area contributed by atoms with Crippen LogP contribution in [0.2, 0.25) is 0 Å². The van der Waals surface area contributed by atoms with Crippen molar-refractivity contribution in [3.05, 3.63) is 41.6 Å². The van der Waals surface area contributed by atoms with E-state index in [9.17, 15) is 0 Å². The van der Waals surface area contributed by atoms with Gasteiger partial charge in [-0.15, -0.1) is 22.7 Å². The maximum atomic E-state index is 3.60. The van der Waals surface area contributed by atoms with Gasteiger partial charge in [0.2, 0.25) is 0 Å². The largest absolute Gasteiger partial charge is 0.305 e. The molecule has 0 aromatic carbocycles. The molecule has 2 aromatic heterocycles. The quantitative estimate of drug-likeness (QED) is 0.783. The summed E-state index contributed by atoms with van der Waals surface area (Å²) in [7, 11) is 0. The minimum Gasteiger partial charge on any atom is -0.305 e. The molecule has 0 aliphatic rings. The van der Waals surface area contributed by atoms with E-state index in [1.54, 1.807) is 22.7 Å². The van der Waals surface area contributed by atoms with E-state index in [4.69, 9.17) is 0 Å². The normalized spacial score (nSPS) is 12.9. The maximum Gasteiger partial charge on any atom is 0.0776 e. The van der Waals surface area contributed by atoms with E-state index >= 15 is 0 Å². The Kier molecular flexibility index (Phi) is 4.61. The zero-order valence-electron chi connectivity index (χ0n) is 8.67. The lowest BCUT2D eigenvalue weighted by Crippen LogP contribution is -2.20. The maximum absolute atomic E-state index is 3.60. The third-order valence-electron chi connectivity index (χ3n) is 2.19. The van der Waals surface area contributed by atoms with Gasteiger partial charge in [0.05, 0.1) is 6.04 Å². The van der Waals surface area contributed by atoms with Crippen LogP contribution in [-0.4, -0.2) is 6.54 Å². The first-order valence-electron chi connectivity index (χ1n) is 4.92. The highest BCUT2D eigenvalue weighted by molar-refractivity contribution is 9.10. The Labute approximate surface area is 120 Å². The molecule has 0 spiro atoms. The van der Waals surface area contributed by atoms with Crippen LogP contribution in [0.15, 0.2) is 31.8 Å². The molecule has 0 amide bonds. The molecule has 5 heteroatoms. The van der Waals surface area contributed by atoms with E-state index in [2.05, 4.69) is 67.0 Å². The number of hydrogen-bond donors (Lipinski definition) is 1. The topological polar surface area (TPSA) is 12.0 Å².